The van der Waals surface area contributed by atoms with Gasteiger partial charge in [-0.15, -0.1) is 0 Å². The second-order valence-corrected chi connectivity index (χ2v) is 7.85. The summed E-state index contributed by atoms with van der Waals surface area (Å²) in [5.74, 6) is 0.104. The van der Waals surface area contributed by atoms with E-state index in [-0.39, 0.29) is 11.9 Å². The van der Waals surface area contributed by atoms with Crippen molar-refractivity contribution >= 4 is 5.91 Å². The molecule has 0 bridgehead atoms. The fraction of sp³-hybridized carbons (Fsp3) is 0.667. The van der Waals surface area contributed by atoms with Gasteiger partial charge in [0.15, 0.2) is 0 Å². The zero-order valence-corrected chi connectivity index (χ0v) is 16.9. The molecule has 2 unspecified atom stereocenters. The van der Waals surface area contributed by atoms with Crippen molar-refractivity contribution in [3.63, 3.8) is 0 Å². The summed E-state index contributed by atoms with van der Waals surface area (Å²) < 4.78 is 0. The summed E-state index contributed by atoms with van der Waals surface area (Å²) in [6, 6.07) is 11.2. The van der Waals surface area contributed by atoms with Gasteiger partial charge in [0.2, 0.25) is 5.91 Å². The number of likely N-dealkylation sites (N-methyl/N-ethyl adjacent to an activating group) is 2. The lowest BCUT2D eigenvalue weighted by molar-refractivity contribution is -0.122. The Morgan fingerprint density at radius 1 is 1.23 bits per heavy atom. The van der Waals surface area contributed by atoms with Gasteiger partial charge in [0.05, 0.1) is 12.6 Å². The fourth-order valence-electron chi connectivity index (χ4n) is 3.74. The first kappa shape index (κ1) is 20.9. The van der Waals surface area contributed by atoms with Crippen molar-refractivity contribution in [2.24, 2.45) is 0 Å². The minimum atomic E-state index is 0.104. The number of nitrogens with zero attached hydrogens (tertiary/aromatic N) is 3. The van der Waals surface area contributed by atoms with E-state index in [9.17, 15) is 4.79 Å². The van der Waals surface area contributed by atoms with Crippen molar-refractivity contribution in [1.29, 1.82) is 0 Å². The Kier molecular flexibility index (Phi) is 8.55. The maximum Gasteiger partial charge on any atom is 0.234 e. The second-order valence-electron chi connectivity index (χ2n) is 7.85. The summed E-state index contributed by atoms with van der Waals surface area (Å²) in [5.41, 5.74) is 1.23. The van der Waals surface area contributed by atoms with E-state index in [1.54, 1.807) is 0 Å². The molecule has 5 heteroatoms. The number of carbonyl (C=O) groups is 1. The van der Waals surface area contributed by atoms with Crippen LogP contribution in [0.3, 0.4) is 0 Å². The fourth-order valence-corrected chi connectivity index (χ4v) is 3.74. The van der Waals surface area contributed by atoms with Crippen LogP contribution in [-0.4, -0.2) is 81.0 Å². The molecule has 1 aromatic rings. The van der Waals surface area contributed by atoms with Crippen LogP contribution in [0.15, 0.2) is 30.3 Å². The minimum absolute atomic E-state index is 0.104. The zero-order chi connectivity index (χ0) is 18.9. The lowest BCUT2D eigenvalue weighted by Gasteiger charge is -2.33. The van der Waals surface area contributed by atoms with Gasteiger partial charge in [-0.1, -0.05) is 36.8 Å². The van der Waals surface area contributed by atoms with E-state index < -0.39 is 0 Å². The molecule has 1 saturated heterocycles. The number of benzene rings is 1. The van der Waals surface area contributed by atoms with Gasteiger partial charge in [-0.25, -0.2) is 0 Å². The third-order valence-electron chi connectivity index (χ3n) is 5.48. The maximum absolute atomic E-state index is 12.3. The molecule has 0 spiro atoms. The van der Waals surface area contributed by atoms with Gasteiger partial charge < -0.3 is 15.1 Å². The van der Waals surface area contributed by atoms with Gasteiger partial charge >= 0.3 is 0 Å². The molecule has 0 aromatic heterocycles. The quantitative estimate of drug-likeness (QED) is 0.733. The Morgan fingerprint density at radius 3 is 2.62 bits per heavy atom. The monoisotopic (exact) mass is 360 g/mol. The Labute approximate surface area is 159 Å². The molecule has 1 heterocycles. The van der Waals surface area contributed by atoms with Crippen molar-refractivity contribution < 1.29 is 4.79 Å². The highest BCUT2D eigenvalue weighted by molar-refractivity contribution is 5.78. The second kappa shape index (κ2) is 10.7. The summed E-state index contributed by atoms with van der Waals surface area (Å²) in [6.45, 7) is 3.28. The van der Waals surface area contributed by atoms with Gasteiger partial charge in [-0.2, -0.15) is 0 Å². The molecule has 1 N–H and O–H groups in total. The molecule has 5 nitrogen and oxygen atoms in total. The van der Waals surface area contributed by atoms with E-state index in [1.165, 1.54) is 31.4 Å². The molecular formula is C21H36N4O. The molecular weight excluding hydrogens is 324 g/mol. The SMILES string of the molecule is CN(CCC1CCCCN1C)CC(=O)NCC(c1ccccc1)N(C)C. The van der Waals surface area contributed by atoms with E-state index in [4.69, 9.17) is 0 Å². The zero-order valence-electron chi connectivity index (χ0n) is 16.9. The topological polar surface area (TPSA) is 38.8 Å². The average Bonchev–Trinajstić information content (AvgIpc) is 2.62. The lowest BCUT2D eigenvalue weighted by atomic mass is 10.00. The molecule has 1 fully saturated rings. The summed E-state index contributed by atoms with van der Waals surface area (Å²) in [5, 5.41) is 3.11. The Bertz CT molecular complexity index is 534. The van der Waals surface area contributed by atoms with Crippen molar-refractivity contribution in [1.82, 2.24) is 20.0 Å². The van der Waals surface area contributed by atoms with Crippen molar-refractivity contribution in [3.8, 4) is 0 Å². The van der Waals surface area contributed by atoms with Crippen LogP contribution in [0.1, 0.15) is 37.3 Å². The van der Waals surface area contributed by atoms with Crippen LogP contribution in [0.25, 0.3) is 0 Å². The predicted octanol–water partition coefficient (Wildman–Crippen LogP) is 2.21. The van der Waals surface area contributed by atoms with Crippen LogP contribution in [0.4, 0.5) is 0 Å². The van der Waals surface area contributed by atoms with Crippen molar-refractivity contribution in [3.05, 3.63) is 35.9 Å². The molecule has 26 heavy (non-hydrogen) atoms. The predicted molar refractivity (Wildman–Crippen MR) is 108 cm³/mol. The van der Waals surface area contributed by atoms with Gasteiger partial charge in [0.1, 0.15) is 0 Å². The Morgan fingerprint density at radius 2 is 1.96 bits per heavy atom. The molecule has 2 atom stereocenters. The molecule has 146 valence electrons. The third kappa shape index (κ3) is 6.71. The normalized spacial score (nSPS) is 19.7. The van der Waals surface area contributed by atoms with Gasteiger partial charge in [-0.3, -0.25) is 9.69 Å². The van der Waals surface area contributed by atoms with Crippen LogP contribution >= 0.6 is 0 Å². The summed E-state index contributed by atoms with van der Waals surface area (Å²) in [6.07, 6.45) is 5.09. The van der Waals surface area contributed by atoms with Crippen LogP contribution in [0.5, 0.6) is 0 Å². The molecule has 1 aliphatic heterocycles. The van der Waals surface area contributed by atoms with Crippen molar-refractivity contribution in [2.45, 2.75) is 37.8 Å². The van der Waals surface area contributed by atoms with Gasteiger partial charge in [-0.05, 0) is 66.1 Å². The number of hydrogen-bond donors (Lipinski definition) is 1. The molecule has 0 aliphatic carbocycles. The number of hydrogen-bond acceptors (Lipinski definition) is 4. The standard InChI is InChI=1S/C21H36N4O/c1-23(2)20(18-10-6-5-7-11-18)16-22-21(26)17-24(3)15-13-19-12-8-9-14-25(19)4/h5-7,10-11,19-20H,8-9,12-17H2,1-4H3,(H,22,26). The maximum atomic E-state index is 12.3. The lowest BCUT2D eigenvalue weighted by Crippen LogP contribution is -2.42. The van der Waals surface area contributed by atoms with E-state index in [0.29, 0.717) is 19.1 Å². The molecule has 2 rings (SSSR count). The van der Waals surface area contributed by atoms with E-state index >= 15 is 0 Å². The summed E-state index contributed by atoms with van der Waals surface area (Å²) >= 11 is 0. The first-order chi connectivity index (χ1) is 12.5. The van der Waals surface area contributed by atoms with E-state index in [1.807, 2.05) is 25.2 Å². The van der Waals surface area contributed by atoms with Crippen LogP contribution in [-0.2, 0) is 4.79 Å². The average molecular weight is 361 g/mol. The Balaban J connectivity index is 1.73. The molecule has 0 radical (unpaired) electrons. The van der Waals surface area contributed by atoms with E-state index in [0.717, 1.165) is 13.0 Å². The minimum Gasteiger partial charge on any atom is -0.353 e. The first-order valence-corrected chi connectivity index (χ1v) is 9.84. The number of piperidine rings is 1. The number of amides is 1. The number of carbonyl (C=O) groups excluding carboxylic acids is 1. The molecule has 1 amide bonds. The highest BCUT2D eigenvalue weighted by Gasteiger charge is 2.20. The number of likely N-dealkylation sites (tertiary alicyclic amines) is 1. The number of nitrogens with one attached hydrogen (secondary N) is 1. The molecule has 0 saturated carbocycles. The van der Waals surface area contributed by atoms with Crippen LogP contribution in [0.2, 0.25) is 0 Å². The third-order valence-corrected chi connectivity index (χ3v) is 5.48. The van der Waals surface area contributed by atoms with Crippen molar-refractivity contribution in [2.75, 3.05) is 54.4 Å². The summed E-state index contributed by atoms with van der Waals surface area (Å²) in [4.78, 5) is 19.1. The summed E-state index contributed by atoms with van der Waals surface area (Å²) in [7, 11) is 8.37. The van der Waals surface area contributed by atoms with Gasteiger partial charge in [0, 0.05) is 12.6 Å². The van der Waals surface area contributed by atoms with Gasteiger partial charge in [0.25, 0.3) is 0 Å². The molecule has 1 aromatic carbocycles. The molecule has 1 aliphatic rings. The van der Waals surface area contributed by atoms with E-state index in [2.05, 4.69) is 53.3 Å². The largest absolute Gasteiger partial charge is 0.353 e. The highest BCUT2D eigenvalue weighted by Crippen LogP contribution is 2.18. The first-order valence-electron chi connectivity index (χ1n) is 9.84. The Hall–Kier alpha value is -1.43. The highest BCUT2D eigenvalue weighted by atomic mass is 16.2. The smallest absolute Gasteiger partial charge is 0.234 e. The number of rotatable bonds is 9. The van der Waals surface area contributed by atoms with Crippen LogP contribution in [0, 0.1) is 0 Å². The van der Waals surface area contributed by atoms with Crippen LogP contribution < -0.4 is 5.32 Å².